The van der Waals surface area contributed by atoms with E-state index in [-0.39, 0.29) is 6.54 Å². The molecule has 0 aromatic carbocycles. The van der Waals surface area contributed by atoms with Crippen molar-refractivity contribution < 1.29 is 19.8 Å². The molecule has 0 aliphatic carbocycles. The molecule has 4 unspecified atom stereocenters. The fourth-order valence-corrected chi connectivity index (χ4v) is 2.72. The maximum absolute atomic E-state index is 11.8. The summed E-state index contributed by atoms with van der Waals surface area (Å²) in [7, 11) is 1.64. The molecule has 9 nitrogen and oxygen atoms in total. The quantitative estimate of drug-likeness (QED) is 0.545. The van der Waals surface area contributed by atoms with Crippen molar-refractivity contribution in [2.45, 2.75) is 24.0 Å². The highest BCUT2D eigenvalue weighted by Crippen LogP contribution is 2.42. The monoisotopic (exact) mass is 285 g/mol. The summed E-state index contributed by atoms with van der Waals surface area (Å²) in [4.78, 5) is 30.5. The van der Waals surface area contributed by atoms with E-state index in [1.165, 1.54) is 17.3 Å². The molecular formula is C11H15N3O6. The van der Waals surface area contributed by atoms with Crippen molar-refractivity contribution in [3.63, 3.8) is 0 Å². The molecule has 0 spiro atoms. The lowest BCUT2D eigenvalue weighted by molar-refractivity contribution is -0.256. The number of nitrogens with zero attached hydrogens (tertiary/aromatic N) is 2. The summed E-state index contributed by atoms with van der Waals surface area (Å²) in [5.41, 5.74) is -2.40. The smallest absolute Gasteiger partial charge is 0.330 e. The number of ether oxygens (including phenoxy) is 1. The van der Waals surface area contributed by atoms with Crippen LogP contribution in [0.1, 0.15) is 6.23 Å². The van der Waals surface area contributed by atoms with E-state index < -0.39 is 41.9 Å². The number of rotatable bonds is 2. The highest BCUT2D eigenvalue weighted by atomic mass is 16.7. The van der Waals surface area contributed by atoms with Gasteiger partial charge in [0.15, 0.2) is 12.3 Å². The molecule has 0 amide bonds. The molecule has 1 aromatic rings. The first-order valence-corrected chi connectivity index (χ1v) is 6.13. The first-order valence-electron chi connectivity index (χ1n) is 6.13. The van der Waals surface area contributed by atoms with Crippen molar-refractivity contribution in [2.24, 2.45) is 0 Å². The Morgan fingerprint density at radius 3 is 2.95 bits per heavy atom. The lowest BCUT2D eigenvalue weighted by Gasteiger charge is -2.38. The number of aliphatic hydroxyl groups is 2. The third-order valence-electron chi connectivity index (χ3n) is 3.67. The van der Waals surface area contributed by atoms with E-state index in [1.54, 1.807) is 7.05 Å². The van der Waals surface area contributed by atoms with Gasteiger partial charge in [-0.05, 0) is 0 Å². The van der Waals surface area contributed by atoms with Gasteiger partial charge in [0.05, 0.1) is 13.2 Å². The summed E-state index contributed by atoms with van der Waals surface area (Å²) in [6.07, 6.45) is -1.57. The summed E-state index contributed by atoms with van der Waals surface area (Å²) in [5, 5.41) is 21.2. The predicted molar refractivity (Wildman–Crippen MR) is 64.8 cm³/mol. The summed E-state index contributed by atoms with van der Waals surface area (Å²) in [6.45, 7) is -0.247. The zero-order valence-corrected chi connectivity index (χ0v) is 10.7. The Hall–Kier alpha value is -1.52. The van der Waals surface area contributed by atoms with Gasteiger partial charge in [-0.25, -0.2) is 4.79 Å². The van der Waals surface area contributed by atoms with E-state index in [0.29, 0.717) is 0 Å². The molecule has 2 fully saturated rings. The van der Waals surface area contributed by atoms with Gasteiger partial charge in [-0.1, -0.05) is 0 Å². The number of hydrogen-bond acceptors (Lipinski definition) is 7. The standard InChI is InChI=1S/C11H15N3O6/c1-13-4-11(5-15)8(17)7(20-13)9(19-11)14-3-2-6(16)12-10(14)18/h2-3,7-9,15,17H,4-5H2,1H3,(H,12,16,18). The first-order chi connectivity index (χ1) is 9.47. The summed E-state index contributed by atoms with van der Waals surface area (Å²) < 4.78 is 6.82. The predicted octanol–water partition coefficient (Wildman–Crippen LogP) is -2.60. The molecule has 9 heteroatoms. The third-order valence-corrected chi connectivity index (χ3v) is 3.67. The van der Waals surface area contributed by atoms with Gasteiger partial charge in [0.25, 0.3) is 5.56 Å². The van der Waals surface area contributed by atoms with Gasteiger partial charge >= 0.3 is 5.69 Å². The molecule has 2 saturated heterocycles. The van der Waals surface area contributed by atoms with Crippen LogP contribution in [0.3, 0.4) is 0 Å². The SMILES string of the molecule is CN1CC2(CO)OC(n3ccc(=O)[nH]c3=O)C(O1)C2O. The van der Waals surface area contributed by atoms with Crippen LogP contribution >= 0.6 is 0 Å². The second-order valence-corrected chi connectivity index (χ2v) is 5.05. The molecule has 3 N–H and O–H groups in total. The van der Waals surface area contributed by atoms with Crippen LogP contribution in [0, 0.1) is 0 Å². The number of aliphatic hydroxyl groups excluding tert-OH is 2. The second-order valence-electron chi connectivity index (χ2n) is 5.05. The number of fused-ring (bicyclic) bond motifs is 2. The Balaban J connectivity index is 2.04. The highest BCUT2D eigenvalue weighted by Gasteiger charge is 2.60. The molecule has 3 heterocycles. The molecule has 1 aromatic heterocycles. The molecule has 110 valence electrons. The van der Waals surface area contributed by atoms with Crippen molar-refractivity contribution in [3.8, 4) is 0 Å². The van der Waals surface area contributed by atoms with Gasteiger partial charge in [0.2, 0.25) is 0 Å². The normalized spacial score (nSPS) is 37.2. The minimum Gasteiger partial charge on any atom is -0.393 e. The van der Waals surface area contributed by atoms with Crippen LogP contribution in [0.15, 0.2) is 21.9 Å². The molecule has 2 aliphatic rings. The van der Waals surface area contributed by atoms with Crippen LogP contribution in [0.2, 0.25) is 0 Å². The Labute approximate surface area is 112 Å². The molecule has 0 saturated carbocycles. The number of nitrogens with one attached hydrogen (secondary N) is 1. The van der Waals surface area contributed by atoms with E-state index in [2.05, 4.69) is 4.98 Å². The molecular weight excluding hydrogens is 270 g/mol. The van der Waals surface area contributed by atoms with Crippen LogP contribution in [0.5, 0.6) is 0 Å². The third kappa shape index (κ3) is 1.83. The summed E-state index contributed by atoms with van der Waals surface area (Å²) >= 11 is 0. The van der Waals surface area contributed by atoms with Crippen LogP contribution in [-0.4, -0.2) is 62.8 Å². The van der Waals surface area contributed by atoms with Gasteiger partial charge in [-0.15, -0.1) is 0 Å². The Kier molecular flexibility index (Phi) is 3.03. The van der Waals surface area contributed by atoms with Crippen molar-refractivity contribution >= 4 is 0 Å². The zero-order chi connectivity index (χ0) is 14.5. The van der Waals surface area contributed by atoms with Crippen molar-refractivity contribution in [3.05, 3.63) is 33.1 Å². The Morgan fingerprint density at radius 1 is 1.55 bits per heavy atom. The molecule has 0 radical (unpaired) electrons. The largest absolute Gasteiger partial charge is 0.393 e. The molecule has 2 aliphatic heterocycles. The van der Waals surface area contributed by atoms with Gasteiger partial charge in [0.1, 0.15) is 11.7 Å². The minimum atomic E-state index is -1.21. The van der Waals surface area contributed by atoms with E-state index in [9.17, 15) is 19.8 Å². The topological polar surface area (TPSA) is 117 Å². The van der Waals surface area contributed by atoms with E-state index in [4.69, 9.17) is 9.57 Å². The van der Waals surface area contributed by atoms with Gasteiger partial charge < -0.3 is 14.9 Å². The lowest BCUT2D eigenvalue weighted by Crippen LogP contribution is -2.58. The van der Waals surface area contributed by atoms with Crippen LogP contribution in [0.4, 0.5) is 0 Å². The lowest BCUT2D eigenvalue weighted by atomic mass is 9.94. The number of aromatic nitrogens is 2. The highest BCUT2D eigenvalue weighted by molar-refractivity contribution is 5.05. The zero-order valence-electron chi connectivity index (χ0n) is 10.7. The average molecular weight is 285 g/mol. The first kappa shape index (κ1) is 13.5. The Bertz CT molecular complexity index is 627. The number of likely N-dealkylation sites (N-methyl/N-ethyl adjacent to an activating group) is 1. The molecule has 2 bridgehead atoms. The van der Waals surface area contributed by atoms with Gasteiger partial charge in [-0.3, -0.25) is 19.2 Å². The van der Waals surface area contributed by atoms with Crippen LogP contribution in [-0.2, 0) is 9.57 Å². The maximum atomic E-state index is 11.8. The molecule has 20 heavy (non-hydrogen) atoms. The average Bonchev–Trinajstić information content (AvgIpc) is 2.57. The van der Waals surface area contributed by atoms with E-state index in [1.807, 2.05) is 0 Å². The number of hydrogen-bond donors (Lipinski definition) is 3. The van der Waals surface area contributed by atoms with E-state index in [0.717, 1.165) is 4.57 Å². The van der Waals surface area contributed by atoms with Crippen molar-refractivity contribution in [2.75, 3.05) is 20.2 Å². The van der Waals surface area contributed by atoms with E-state index >= 15 is 0 Å². The van der Waals surface area contributed by atoms with Gasteiger partial charge in [-0.2, -0.15) is 5.06 Å². The maximum Gasteiger partial charge on any atom is 0.330 e. The number of aromatic amines is 1. The van der Waals surface area contributed by atoms with Crippen molar-refractivity contribution in [1.29, 1.82) is 0 Å². The van der Waals surface area contributed by atoms with Crippen molar-refractivity contribution in [1.82, 2.24) is 14.6 Å². The van der Waals surface area contributed by atoms with Crippen LogP contribution in [0.25, 0.3) is 0 Å². The number of H-pyrrole nitrogens is 1. The van der Waals surface area contributed by atoms with Crippen LogP contribution < -0.4 is 11.2 Å². The van der Waals surface area contributed by atoms with Gasteiger partial charge in [0, 0.05) is 19.3 Å². The summed E-state index contributed by atoms with van der Waals surface area (Å²) in [6, 6.07) is 1.18. The second kappa shape index (κ2) is 4.50. The minimum absolute atomic E-state index is 0.162. The number of hydroxylamine groups is 2. The summed E-state index contributed by atoms with van der Waals surface area (Å²) in [5.74, 6) is 0. The fourth-order valence-electron chi connectivity index (χ4n) is 2.72. The molecule has 4 atom stereocenters. The Morgan fingerprint density at radius 2 is 2.30 bits per heavy atom. The molecule has 3 rings (SSSR count). The fraction of sp³-hybridized carbons (Fsp3) is 0.636.